The van der Waals surface area contributed by atoms with Gasteiger partial charge in [-0.25, -0.2) is 4.98 Å². The zero-order valence-corrected chi connectivity index (χ0v) is 17.9. The van der Waals surface area contributed by atoms with Gasteiger partial charge in [0.05, 0.1) is 22.8 Å². The molecule has 1 N–H and O–H groups in total. The van der Waals surface area contributed by atoms with Gasteiger partial charge in [-0.1, -0.05) is 59.2 Å². The Morgan fingerprint density at radius 2 is 1.88 bits per heavy atom. The number of halogens is 1. The molecule has 7 nitrogen and oxygen atoms in total. The third kappa shape index (κ3) is 4.68. The lowest BCUT2D eigenvalue weighted by molar-refractivity contribution is 0.122. The molecule has 0 spiro atoms. The molecular formula is C24H19ClN4O3. The minimum atomic E-state index is -0.365. The lowest BCUT2D eigenvalue weighted by Crippen LogP contribution is -2.22. The predicted octanol–water partition coefficient (Wildman–Crippen LogP) is 4.58. The number of rotatable bonds is 6. The summed E-state index contributed by atoms with van der Waals surface area (Å²) in [7, 11) is 0. The van der Waals surface area contributed by atoms with E-state index in [-0.39, 0.29) is 23.7 Å². The molecular weight excluding hydrogens is 428 g/mol. The first-order valence-corrected chi connectivity index (χ1v) is 10.2. The van der Waals surface area contributed by atoms with Crippen LogP contribution >= 0.6 is 11.6 Å². The maximum absolute atomic E-state index is 13.1. The molecule has 0 atom stereocenters. The van der Waals surface area contributed by atoms with Gasteiger partial charge in [0.2, 0.25) is 0 Å². The normalized spacial score (nSPS) is 11.9. The van der Waals surface area contributed by atoms with Crippen LogP contribution in [0.25, 0.3) is 10.9 Å². The highest BCUT2D eigenvalue weighted by Gasteiger charge is 2.11. The summed E-state index contributed by atoms with van der Waals surface area (Å²) in [4.78, 5) is 23.1. The van der Waals surface area contributed by atoms with Crippen molar-refractivity contribution in [3.8, 4) is 5.75 Å². The van der Waals surface area contributed by atoms with E-state index >= 15 is 0 Å². The van der Waals surface area contributed by atoms with Gasteiger partial charge < -0.3 is 9.94 Å². The zero-order valence-electron chi connectivity index (χ0n) is 17.1. The highest BCUT2D eigenvalue weighted by molar-refractivity contribution is 6.30. The van der Waals surface area contributed by atoms with E-state index in [0.29, 0.717) is 27.2 Å². The minimum absolute atomic E-state index is 0.0131. The molecule has 1 heterocycles. The van der Waals surface area contributed by atoms with Crippen LogP contribution in [-0.4, -0.2) is 26.7 Å². The summed E-state index contributed by atoms with van der Waals surface area (Å²) in [6.07, 6.45) is 1.35. The topological polar surface area (TPSA) is 89.1 Å². The smallest absolute Gasteiger partial charge is 0.282 e. The molecule has 0 aliphatic rings. The first kappa shape index (κ1) is 21.3. The molecule has 0 saturated carbocycles. The van der Waals surface area contributed by atoms with Gasteiger partial charge in [0.1, 0.15) is 5.75 Å². The van der Waals surface area contributed by atoms with Crippen LogP contribution in [0.4, 0.5) is 0 Å². The third-order valence-corrected chi connectivity index (χ3v) is 4.94. The Hall–Kier alpha value is -3.97. The van der Waals surface area contributed by atoms with E-state index < -0.39 is 0 Å². The van der Waals surface area contributed by atoms with Crippen molar-refractivity contribution < 1.29 is 9.94 Å². The van der Waals surface area contributed by atoms with Gasteiger partial charge in [0.15, 0.2) is 12.4 Å². The first-order chi connectivity index (χ1) is 15.5. The first-order valence-electron chi connectivity index (χ1n) is 9.78. The fraction of sp³-hybridized carbons (Fsp3) is 0.0833. The predicted molar refractivity (Wildman–Crippen MR) is 126 cm³/mol. The van der Waals surface area contributed by atoms with Crippen molar-refractivity contribution in [3.05, 3.63) is 105 Å². The summed E-state index contributed by atoms with van der Waals surface area (Å²) < 4.78 is 1.13. The highest BCUT2D eigenvalue weighted by Crippen LogP contribution is 2.20. The van der Waals surface area contributed by atoms with Crippen LogP contribution in [0.15, 0.2) is 87.8 Å². The number of nitrogens with zero attached hydrogens (tertiary/aromatic N) is 4. The number of oxime groups is 1. The summed E-state index contributed by atoms with van der Waals surface area (Å²) in [5.41, 5.74) is 2.13. The van der Waals surface area contributed by atoms with Crippen LogP contribution in [0.2, 0.25) is 5.02 Å². The number of benzene rings is 3. The van der Waals surface area contributed by atoms with Crippen LogP contribution < -0.4 is 5.56 Å². The molecule has 160 valence electrons. The van der Waals surface area contributed by atoms with Crippen LogP contribution in [0.5, 0.6) is 5.75 Å². The van der Waals surface area contributed by atoms with Crippen molar-refractivity contribution in [1.29, 1.82) is 0 Å². The Bertz CT molecular complexity index is 1380. The SMILES string of the molecule is CC(=NOCc1nc2ccccc2c(=O)n1N=Cc1cc(Cl)ccc1O)c1ccccc1. The number of aromatic nitrogens is 2. The monoisotopic (exact) mass is 446 g/mol. The number of hydrogen-bond acceptors (Lipinski definition) is 6. The van der Waals surface area contributed by atoms with Gasteiger partial charge in [-0.15, -0.1) is 0 Å². The lowest BCUT2D eigenvalue weighted by atomic mass is 10.1. The van der Waals surface area contributed by atoms with E-state index in [1.54, 1.807) is 36.4 Å². The van der Waals surface area contributed by atoms with Crippen molar-refractivity contribution in [2.24, 2.45) is 10.3 Å². The molecule has 0 aliphatic heterocycles. The number of phenols is 1. The van der Waals surface area contributed by atoms with Gasteiger partial charge >= 0.3 is 0 Å². The number of aromatic hydroxyl groups is 1. The van der Waals surface area contributed by atoms with Crippen molar-refractivity contribution in [3.63, 3.8) is 0 Å². The van der Waals surface area contributed by atoms with E-state index in [4.69, 9.17) is 16.4 Å². The second kappa shape index (κ2) is 9.45. The summed E-state index contributed by atoms with van der Waals surface area (Å²) in [6, 6.07) is 21.1. The molecule has 0 saturated heterocycles. The highest BCUT2D eigenvalue weighted by atomic mass is 35.5. The van der Waals surface area contributed by atoms with Crippen molar-refractivity contribution in [2.45, 2.75) is 13.5 Å². The van der Waals surface area contributed by atoms with E-state index in [2.05, 4.69) is 15.2 Å². The molecule has 0 bridgehead atoms. The summed E-state index contributed by atoms with van der Waals surface area (Å²) in [5, 5.41) is 19.3. The number of hydrogen-bond donors (Lipinski definition) is 1. The van der Waals surface area contributed by atoms with E-state index in [1.807, 2.05) is 37.3 Å². The van der Waals surface area contributed by atoms with Crippen molar-refractivity contribution in [1.82, 2.24) is 9.66 Å². The quantitative estimate of drug-likeness (QED) is 0.347. The standard InChI is InChI=1S/C24H19ClN4O3/c1-16(17-7-3-2-4-8-17)28-32-15-23-27-21-10-6-5-9-20(21)24(31)29(23)26-14-18-13-19(25)11-12-22(18)30/h2-14,30H,15H2,1H3. The average Bonchev–Trinajstić information content (AvgIpc) is 2.81. The van der Waals surface area contributed by atoms with Crippen molar-refractivity contribution in [2.75, 3.05) is 0 Å². The molecule has 8 heteroatoms. The van der Waals surface area contributed by atoms with Gasteiger partial charge in [0.25, 0.3) is 5.56 Å². The van der Waals surface area contributed by atoms with E-state index in [9.17, 15) is 9.90 Å². The molecule has 0 aliphatic carbocycles. The number of fused-ring (bicyclic) bond motifs is 1. The Kier molecular flexibility index (Phi) is 6.28. The second-order valence-corrected chi connectivity index (χ2v) is 7.36. The largest absolute Gasteiger partial charge is 0.507 e. The fourth-order valence-electron chi connectivity index (χ4n) is 3.05. The molecule has 4 rings (SSSR count). The number of para-hydroxylation sites is 1. The molecule has 0 amide bonds. The summed E-state index contributed by atoms with van der Waals surface area (Å²) in [5.74, 6) is 0.247. The van der Waals surface area contributed by atoms with Crippen LogP contribution in [0.3, 0.4) is 0 Å². The molecule has 1 aromatic heterocycles. The maximum atomic E-state index is 13.1. The Morgan fingerprint density at radius 3 is 2.69 bits per heavy atom. The zero-order chi connectivity index (χ0) is 22.5. The average molecular weight is 447 g/mol. The van der Waals surface area contributed by atoms with E-state index in [0.717, 1.165) is 10.2 Å². The third-order valence-electron chi connectivity index (χ3n) is 4.71. The van der Waals surface area contributed by atoms with Crippen LogP contribution in [0.1, 0.15) is 23.9 Å². The van der Waals surface area contributed by atoms with Gasteiger partial charge in [-0.2, -0.15) is 9.78 Å². The Balaban J connectivity index is 1.70. The second-order valence-electron chi connectivity index (χ2n) is 6.93. The number of phenolic OH excluding ortho intramolecular Hbond substituents is 1. The van der Waals surface area contributed by atoms with Crippen LogP contribution in [-0.2, 0) is 11.4 Å². The molecule has 32 heavy (non-hydrogen) atoms. The van der Waals surface area contributed by atoms with E-state index in [1.165, 1.54) is 12.3 Å². The van der Waals surface area contributed by atoms with Gasteiger partial charge in [-0.3, -0.25) is 4.79 Å². The van der Waals surface area contributed by atoms with Crippen molar-refractivity contribution >= 4 is 34.4 Å². The molecule has 0 unspecified atom stereocenters. The Labute approximate surface area is 188 Å². The van der Waals surface area contributed by atoms with Gasteiger partial charge in [0, 0.05) is 10.6 Å². The fourth-order valence-corrected chi connectivity index (χ4v) is 3.23. The Morgan fingerprint density at radius 1 is 1.12 bits per heavy atom. The molecule has 4 aromatic rings. The van der Waals surface area contributed by atoms with Crippen LogP contribution in [0, 0.1) is 0 Å². The minimum Gasteiger partial charge on any atom is -0.507 e. The summed E-state index contributed by atoms with van der Waals surface area (Å²) in [6.45, 7) is 1.75. The summed E-state index contributed by atoms with van der Waals surface area (Å²) >= 11 is 6.00. The molecule has 3 aromatic carbocycles. The molecule has 0 fully saturated rings. The lowest BCUT2D eigenvalue weighted by Gasteiger charge is -2.09. The molecule has 0 radical (unpaired) electrons. The maximum Gasteiger partial charge on any atom is 0.282 e. The van der Waals surface area contributed by atoms with Gasteiger partial charge in [-0.05, 0) is 42.8 Å².